The quantitative estimate of drug-likeness (QED) is 0.884. The third kappa shape index (κ3) is 3.58. The highest BCUT2D eigenvalue weighted by Gasteiger charge is 2.06. The van der Waals surface area contributed by atoms with Crippen LogP contribution in [0, 0.1) is 13.8 Å². The molecule has 2 amide bonds. The van der Waals surface area contributed by atoms with Crippen LogP contribution in [0.3, 0.4) is 0 Å². The van der Waals surface area contributed by atoms with E-state index in [0.29, 0.717) is 13.1 Å². The van der Waals surface area contributed by atoms with Crippen molar-refractivity contribution < 1.29 is 4.79 Å². The lowest BCUT2D eigenvalue weighted by Gasteiger charge is -2.12. The number of aryl methyl sites for hydroxylation is 2. The summed E-state index contributed by atoms with van der Waals surface area (Å²) in [5, 5.41) is 5.71. The molecule has 0 aliphatic heterocycles. The van der Waals surface area contributed by atoms with Gasteiger partial charge >= 0.3 is 6.03 Å². The highest BCUT2D eigenvalue weighted by Crippen LogP contribution is 2.18. The number of imidazole rings is 1. The second-order valence-electron chi connectivity index (χ2n) is 4.45. The summed E-state index contributed by atoms with van der Waals surface area (Å²) in [6.45, 7) is 5.23. The summed E-state index contributed by atoms with van der Waals surface area (Å²) in [7, 11) is 0. The van der Waals surface area contributed by atoms with Crippen molar-refractivity contribution in [2.24, 2.45) is 0 Å². The molecule has 2 aromatic rings. The Morgan fingerprint density at radius 2 is 2.05 bits per heavy atom. The fraction of sp³-hybridized carbons (Fsp3) is 0.286. The molecule has 1 heterocycles. The monoisotopic (exact) mass is 258 g/mol. The van der Waals surface area contributed by atoms with Gasteiger partial charge in [-0.15, -0.1) is 0 Å². The Labute approximate surface area is 112 Å². The fourth-order valence-electron chi connectivity index (χ4n) is 1.89. The number of carbonyl (C=O) groups is 1. The maximum absolute atomic E-state index is 11.8. The van der Waals surface area contributed by atoms with Crippen LogP contribution in [0.15, 0.2) is 36.9 Å². The van der Waals surface area contributed by atoms with Gasteiger partial charge in [-0.3, -0.25) is 0 Å². The molecule has 2 rings (SSSR count). The summed E-state index contributed by atoms with van der Waals surface area (Å²) in [6, 6.07) is 5.76. The minimum atomic E-state index is -0.183. The summed E-state index contributed by atoms with van der Waals surface area (Å²) in [5.74, 6) is 0. The Bertz CT molecular complexity index is 528. The number of urea groups is 1. The van der Waals surface area contributed by atoms with Crippen LogP contribution < -0.4 is 10.6 Å². The SMILES string of the molecule is Cc1cccc(C)c1NC(=O)NCCn1ccnc1. The summed E-state index contributed by atoms with van der Waals surface area (Å²) in [6.07, 6.45) is 5.31. The van der Waals surface area contributed by atoms with Crippen LogP contribution in [0.5, 0.6) is 0 Å². The standard InChI is InChI=1S/C14H18N4O/c1-11-4-3-5-12(2)13(11)17-14(19)16-7-9-18-8-6-15-10-18/h3-6,8,10H,7,9H2,1-2H3,(H2,16,17,19). The van der Waals surface area contributed by atoms with Crippen LogP contribution in [-0.2, 0) is 6.54 Å². The highest BCUT2D eigenvalue weighted by atomic mass is 16.2. The van der Waals surface area contributed by atoms with Gasteiger partial charge in [-0.05, 0) is 25.0 Å². The zero-order chi connectivity index (χ0) is 13.7. The van der Waals surface area contributed by atoms with E-state index in [1.165, 1.54) is 0 Å². The van der Waals surface area contributed by atoms with Gasteiger partial charge < -0.3 is 15.2 Å². The third-order valence-electron chi connectivity index (χ3n) is 2.93. The van der Waals surface area contributed by atoms with E-state index in [-0.39, 0.29) is 6.03 Å². The Morgan fingerprint density at radius 3 is 2.68 bits per heavy atom. The van der Waals surface area contributed by atoms with Crippen molar-refractivity contribution in [3.8, 4) is 0 Å². The molecule has 0 spiro atoms. The molecule has 0 radical (unpaired) electrons. The van der Waals surface area contributed by atoms with Gasteiger partial charge in [-0.2, -0.15) is 0 Å². The molecular formula is C14H18N4O. The Hall–Kier alpha value is -2.30. The first-order valence-electron chi connectivity index (χ1n) is 6.23. The number of hydrogen-bond donors (Lipinski definition) is 2. The molecule has 0 fully saturated rings. The number of aromatic nitrogens is 2. The normalized spacial score (nSPS) is 10.2. The lowest BCUT2D eigenvalue weighted by atomic mass is 10.1. The molecular weight excluding hydrogens is 240 g/mol. The second-order valence-corrected chi connectivity index (χ2v) is 4.45. The van der Waals surface area contributed by atoms with E-state index in [4.69, 9.17) is 0 Å². The number of nitrogens with zero attached hydrogens (tertiary/aromatic N) is 2. The van der Waals surface area contributed by atoms with Crippen molar-refractivity contribution >= 4 is 11.7 Å². The van der Waals surface area contributed by atoms with Crippen LogP contribution in [0.25, 0.3) is 0 Å². The molecule has 0 bridgehead atoms. The van der Waals surface area contributed by atoms with Gasteiger partial charge in [0, 0.05) is 31.2 Å². The van der Waals surface area contributed by atoms with E-state index in [0.717, 1.165) is 16.8 Å². The van der Waals surface area contributed by atoms with Gasteiger partial charge in [0.2, 0.25) is 0 Å². The van der Waals surface area contributed by atoms with Gasteiger partial charge in [0.25, 0.3) is 0 Å². The molecule has 0 aliphatic carbocycles. The molecule has 0 saturated heterocycles. The maximum atomic E-state index is 11.8. The van der Waals surface area contributed by atoms with E-state index in [2.05, 4.69) is 15.6 Å². The van der Waals surface area contributed by atoms with E-state index >= 15 is 0 Å². The predicted molar refractivity (Wildman–Crippen MR) is 75.2 cm³/mol. The summed E-state index contributed by atoms with van der Waals surface area (Å²) in [4.78, 5) is 15.7. The Balaban J connectivity index is 1.84. The molecule has 0 atom stereocenters. The van der Waals surface area contributed by atoms with Crippen molar-refractivity contribution in [3.05, 3.63) is 48.0 Å². The summed E-state index contributed by atoms with van der Waals surface area (Å²) >= 11 is 0. The lowest BCUT2D eigenvalue weighted by molar-refractivity contribution is 0.251. The van der Waals surface area contributed by atoms with Crippen LogP contribution in [0.1, 0.15) is 11.1 Å². The summed E-state index contributed by atoms with van der Waals surface area (Å²) < 4.78 is 1.92. The van der Waals surface area contributed by atoms with Gasteiger partial charge in [-0.1, -0.05) is 18.2 Å². The third-order valence-corrected chi connectivity index (χ3v) is 2.93. The number of amides is 2. The lowest BCUT2D eigenvalue weighted by Crippen LogP contribution is -2.31. The first kappa shape index (κ1) is 13.1. The molecule has 100 valence electrons. The smallest absolute Gasteiger partial charge is 0.319 e. The molecule has 5 heteroatoms. The van der Waals surface area contributed by atoms with Crippen LogP contribution in [-0.4, -0.2) is 22.1 Å². The minimum Gasteiger partial charge on any atom is -0.336 e. The van der Waals surface area contributed by atoms with Crippen molar-refractivity contribution in [2.75, 3.05) is 11.9 Å². The largest absolute Gasteiger partial charge is 0.336 e. The van der Waals surface area contributed by atoms with Gasteiger partial charge in [0.1, 0.15) is 0 Å². The maximum Gasteiger partial charge on any atom is 0.319 e. The second kappa shape index (κ2) is 6.04. The summed E-state index contributed by atoms with van der Waals surface area (Å²) in [5.41, 5.74) is 3.00. The number of para-hydroxylation sites is 1. The average Bonchev–Trinajstić information content (AvgIpc) is 2.87. The zero-order valence-corrected chi connectivity index (χ0v) is 11.2. The number of rotatable bonds is 4. The molecule has 0 aliphatic rings. The first-order chi connectivity index (χ1) is 9.16. The number of benzene rings is 1. The topological polar surface area (TPSA) is 59.0 Å². The van der Waals surface area contributed by atoms with Crippen LogP contribution in [0.4, 0.5) is 10.5 Å². The van der Waals surface area contributed by atoms with Crippen molar-refractivity contribution in [1.29, 1.82) is 0 Å². The zero-order valence-electron chi connectivity index (χ0n) is 11.2. The highest BCUT2D eigenvalue weighted by molar-refractivity contribution is 5.90. The van der Waals surface area contributed by atoms with E-state index in [1.807, 2.05) is 42.8 Å². The average molecular weight is 258 g/mol. The molecule has 0 unspecified atom stereocenters. The fourth-order valence-corrected chi connectivity index (χ4v) is 1.89. The van der Waals surface area contributed by atoms with Crippen molar-refractivity contribution in [2.45, 2.75) is 20.4 Å². The number of carbonyl (C=O) groups excluding carboxylic acids is 1. The minimum absolute atomic E-state index is 0.183. The molecule has 0 saturated carbocycles. The van der Waals surface area contributed by atoms with Crippen molar-refractivity contribution in [1.82, 2.24) is 14.9 Å². The Kier molecular flexibility index (Phi) is 4.18. The van der Waals surface area contributed by atoms with Gasteiger partial charge in [0.15, 0.2) is 0 Å². The number of nitrogens with one attached hydrogen (secondary N) is 2. The number of anilines is 1. The molecule has 1 aromatic heterocycles. The van der Waals surface area contributed by atoms with Crippen molar-refractivity contribution in [3.63, 3.8) is 0 Å². The van der Waals surface area contributed by atoms with Crippen LogP contribution >= 0.6 is 0 Å². The molecule has 1 aromatic carbocycles. The van der Waals surface area contributed by atoms with Gasteiger partial charge in [0.05, 0.1) is 6.33 Å². The van der Waals surface area contributed by atoms with E-state index in [1.54, 1.807) is 12.5 Å². The molecule has 2 N–H and O–H groups in total. The molecule has 19 heavy (non-hydrogen) atoms. The predicted octanol–water partition coefficient (Wildman–Crippen LogP) is 2.32. The van der Waals surface area contributed by atoms with Gasteiger partial charge in [-0.25, -0.2) is 9.78 Å². The number of hydrogen-bond acceptors (Lipinski definition) is 2. The van der Waals surface area contributed by atoms with E-state index in [9.17, 15) is 4.79 Å². The Morgan fingerprint density at radius 1 is 1.32 bits per heavy atom. The first-order valence-corrected chi connectivity index (χ1v) is 6.23. The molecule has 5 nitrogen and oxygen atoms in total. The van der Waals surface area contributed by atoms with E-state index < -0.39 is 0 Å². The van der Waals surface area contributed by atoms with Crippen LogP contribution in [0.2, 0.25) is 0 Å².